The van der Waals surface area contributed by atoms with E-state index in [4.69, 9.17) is 14.2 Å². The van der Waals surface area contributed by atoms with E-state index < -0.39 is 23.8 Å². The molecular weight excluding hydrogens is 404 g/mol. The Hall–Kier alpha value is -4.14. The monoisotopic (exact) mass is 424 g/mol. The van der Waals surface area contributed by atoms with Crippen molar-refractivity contribution in [1.29, 1.82) is 0 Å². The molecule has 9 heteroatoms. The van der Waals surface area contributed by atoms with Gasteiger partial charge < -0.3 is 14.2 Å². The molecule has 1 heterocycles. The number of carbonyl (C=O) groups excluding carboxylic acids is 4. The first-order valence-corrected chi connectivity index (χ1v) is 9.13. The van der Waals surface area contributed by atoms with Crippen LogP contribution < -0.4 is 14.2 Å². The highest BCUT2D eigenvalue weighted by Gasteiger charge is 2.37. The molecule has 2 aromatic rings. The maximum Gasteiger partial charge on any atom is 0.343 e. The SMILES string of the molecule is COc1ccc(C(=O)Oc2ccc(C=C3C(=O)N(C)C(=O)N(C)C3=O)cc2OC)cc1. The quantitative estimate of drug-likeness (QED) is 0.314. The minimum atomic E-state index is -0.706. The van der Waals surface area contributed by atoms with Crippen molar-refractivity contribution >= 4 is 29.9 Å². The largest absolute Gasteiger partial charge is 0.497 e. The van der Waals surface area contributed by atoms with E-state index in [9.17, 15) is 19.2 Å². The van der Waals surface area contributed by atoms with Crippen LogP contribution in [0.4, 0.5) is 4.79 Å². The number of carbonyl (C=O) groups is 4. The molecule has 0 spiro atoms. The number of ether oxygens (including phenoxy) is 3. The number of urea groups is 1. The summed E-state index contributed by atoms with van der Waals surface area (Å²) in [6.07, 6.45) is 1.35. The molecule has 0 atom stereocenters. The van der Waals surface area contributed by atoms with E-state index in [1.165, 1.54) is 46.5 Å². The predicted molar refractivity (Wildman–Crippen MR) is 110 cm³/mol. The highest BCUT2D eigenvalue weighted by molar-refractivity contribution is 6.30. The normalized spacial score (nSPS) is 13.9. The molecule has 0 N–H and O–H groups in total. The molecule has 31 heavy (non-hydrogen) atoms. The molecule has 160 valence electrons. The summed E-state index contributed by atoms with van der Waals surface area (Å²) in [5, 5.41) is 0. The van der Waals surface area contributed by atoms with E-state index in [-0.39, 0.29) is 17.1 Å². The summed E-state index contributed by atoms with van der Waals surface area (Å²) in [4.78, 5) is 50.7. The summed E-state index contributed by atoms with van der Waals surface area (Å²) >= 11 is 0. The van der Waals surface area contributed by atoms with Crippen molar-refractivity contribution in [3.05, 3.63) is 59.2 Å². The maximum atomic E-state index is 12.4. The van der Waals surface area contributed by atoms with Gasteiger partial charge in [-0.1, -0.05) is 6.07 Å². The average molecular weight is 424 g/mol. The lowest BCUT2D eigenvalue weighted by Crippen LogP contribution is -2.52. The van der Waals surface area contributed by atoms with E-state index in [1.54, 1.807) is 30.3 Å². The second-order valence-electron chi connectivity index (χ2n) is 6.60. The molecule has 1 aliphatic rings. The van der Waals surface area contributed by atoms with E-state index in [1.807, 2.05) is 0 Å². The van der Waals surface area contributed by atoms with Crippen LogP contribution >= 0.6 is 0 Å². The molecule has 0 saturated carbocycles. The summed E-state index contributed by atoms with van der Waals surface area (Å²) in [5.41, 5.74) is 0.603. The van der Waals surface area contributed by atoms with Crippen LogP contribution in [0.5, 0.6) is 17.2 Å². The second-order valence-corrected chi connectivity index (χ2v) is 6.60. The van der Waals surface area contributed by atoms with Crippen molar-refractivity contribution in [2.45, 2.75) is 0 Å². The average Bonchev–Trinajstić information content (AvgIpc) is 2.80. The van der Waals surface area contributed by atoms with Gasteiger partial charge in [-0.3, -0.25) is 19.4 Å². The summed E-state index contributed by atoms with van der Waals surface area (Å²) in [6, 6.07) is 10.3. The molecule has 1 saturated heterocycles. The van der Waals surface area contributed by atoms with Gasteiger partial charge in [0.1, 0.15) is 11.3 Å². The van der Waals surface area contributed by atoms with Crippen molar-refractivity contribution in [2.75, 3.05) is 28.3 Å². The fourth-order valence-electron chi connectivity index (χ4n) is 2.89. The lowest BCUT2D eigenvalue weighted by atomic mass is 10.1. The second kappa shape index (κ2) is 8.70. The third kappa shape index (κ3) is 4.25. The van der Waals surface area contributed by atoms with Crippen molar-refractivity contribution in [2.24, 2.45) is 0 Å². The molecule has 1 aliphatic heterocycles. The van der Waals surface area contributed by atoms with Gasteiger partial charge in [-0.2, -0.15) is 0 Å². The zero-order valence-electron chi connectivity index (χ0n) is 17.4. The predicted octanol–water partition coefficient (Wildman–Crippen LogP) is 2.36. The van der Waals surface area contributed by atoms with Gasteiger partial charge in [0.2, 0.25) is 0 Å². The molecule has 0 aromatic heterocycles. The lowest BCUT2D eigenvalue weighted by Gasteiger charge is -2.28. The van der Waals surface area contributed by atoms with E-state index in [0.717, 1.165) is 9.80 Å². The van der Waals surface area contributed by atoms with Gasteiger partial charge in [0, 0.05) is 14.1 Å². The Labute approximate surface area is 178 Å². The van der Waals surface area contributed by atoms with Crippen LogP contribution in [0.3, 0.4) is 0 Å². The van der Waals surface area contributed by atoms with Crippen molar-refractivity contribution in [1.82, 2.24) is 9.80 Å². The third-order valence-electron chi connectivity index (χ3n) is 4.67. The van der Waals surface area contributed by atoms with E-state index >= 15 is 0 Å². The smallest absolute Gasteiger partial charge is 0.343 e. The Morgan fingerprint density at radius 2 is 1.45 bits per heavy atom. The number of hydrogen-bond donors (Lipinski definition) is 0. The number of likely N-dealkylation sites (N-methyl/N-ethyl adjacent to an activating group) is 2. The summed E-state index contributed by atoms with van der Waals surface area (Å²) in [7, 11) is 5.51. The fourth-order valence-corrected chi connectivity index (χ4v) is 2.89. The Morgan fingerprint density at radius 1 is 0.839 bits per heavy atom. The first-order valence-electron chi connectivity index (χ1n) is 9.13. The summed E-state index contributed by atoms with van der Waals surface area (Å²) < 4.78 is 15.8. The number of esters is 1. The van der Waals surface area contributed by atoms with Gasteiger partial charge in [0.05, 0.1) is 19.8 Å². The molecule has 0 radical (unpaired) electrons. The van der Waals surface area contributed by atoms with E-state index in [0.29, 0.717) is 16.9 Å². The van der Waals surface area contributed by atoms with Crippen molar-refractivity contribution in [3.8, 4) is 17.2 Å². The van der Waals surface area contributed by atoms with E-state index in [2.05, 4.69) is 0 Å². The summed E-state index contributed by atoms with van der Waals surface area (Å²) in [5.74, 6) is -1.01. The number of benzene rings is 2. The van der Waals surface area contributed by atoms with Crippen LogP contribution in [0.25, 0.3) is 6.08 Å². The topological polar surface area (TPSA) is 102 Å². The van der Waals surface area contributed by atoms with Crippen LogP contribution in [0.15, 0.2) is 48.0 Å². The fraction of sp³-hybridized carbons (Fsp3) is 0.182. The van der Waals surface area contributed by atoms with Gasteiger partial charge in [-0.15, -0.1) is 0 Å². The van der Waals surface area contributed by atoms with Crippen LogP contribution in [-0.4, -0.2) is 61.9 Å². The first kappa shape index (κ1) is 21.6. The molecule has 2 aromatic carbocycles. The third-order valence-corrected chi connectivity index (χ3v) is 4.67. The Morgan fingerprint density at radius 3 is 2.00 bits per heavy atom. The van der Waals surface area contributed by atoms with Crippen molar-refractivity contribution in [3.63, 3.8) is 0 Å². The Balaban J connectivity index is 1.86. The molecule has 0 bridgehead atoms. The number of hydrogen-bond acceptors (Lipinski definition) is 7. The van der Waals surface area contributed by atoms with Gasteiger partial charge in [0.25, 0.3) is 11.8 Å². The number of rotatable bonds is 5. The molecular formula is C22H20N2O7. The first-order chi connectivity index (χ1) is 14.8. The molecule has 0 aliphatic carbocycles. The molecule has 1 fully saturated rings. The number of imide groups is 2. The molecule has 4 amide bonds. The molecule has 0 unspecified atom stereocenters. The van der Waals surface area contributed by atoms with Gasteiger partial charge in [-0.05, 0) is 48.0 Å². The number of amides is 4. The number of nitrogens with zero attached hydrogens (tertiary/aromatic N) is 2. The minimum absolute atomic E-state index is 0.163. The minimum Gasteiger partial charge on any atom is -0.497 e. The highest BCUT2D eigenvalue weighted by Crippen LogP contribution is 2.30. The van der Waals surface area contributed by atoms with Gasteiger partial charge in [-0.25, -0.2) is 9.59 Å². The standard InChI is InChI=1S/C22H20N2O7/c1-23-19(25)16(20(26)24(2)22(23)28)11-13-5-10-17(18(12-13)30-4)31-21(27)14-6-8-15(29-3)9-7-14/h5-12H,1-4H3. The van der Waals surface area contributed by atoms with Gasteiger partial charge in [0.15, 0.2) is 11.5 Å². The zero-order valence-corrected chi connectivity index (χ0v) is 17.4. The van der Waals surface area contributed by atoms with Crippen LogP contribution in [-0.2, 0) is 9.59 Å². The van der Waals surface area contributed by atoms with Gasteiger partial charge >= 0.3 is 12.0 Å². The number of methoxy groups -OCH3 is 2. The Bertz CT molecular complexity index is 1060. The molecule has 9 nitrogen and oxygen atoms in total. The Kier molecular flexibility index (Phi) is 6.05. The number of barbiturate groups is 1. The van der Waals surface area contributed by atoms with Crippen LogP contribution in [0.1, 0.15) is 15.9 Å². The highest BCUT2D eigenvalue weighted by atomic mass is 16.6. The van der Waals surface area contributed by atoms with Crippen LogP contribution in [0.2, 0.25) is 0 Å². The zero-order chi connectivity index (χ0) is 22.7. The lowest BCUT2D eigenvalue weighted by molar-refractivity contribution is -0.134. The summed E-state index contributed by atoms with van der Waals surface area (Å²) in [6.45, 7) is 0. The maximum absolute atomic E-state index is 12.4. The van der Waals surface area contributed by atoms with Crippen LogP contribution in [0, 0.1) is 0 Å². The van der Waals surface area contributed by atoms with Crippen molar-refractivity contribution < 1.29 is 33.4 Å². The molecule has 3 rings (SSSR count).